The van der Waals surface area contributed by atoms with Crippen LogP contribution in [0.5, 0.6) is 5.75 Å². The fraction of sp³-hybridized carbons (Fsp3) is 0.333. The second-order valence-corrected chi connectivity index (χ2v) is 5.04. The van der Waals surface area contributed by atoms with Gasteiger partial charge in [0.2, 0.25) is 0 Å². The van der Waals surface area contributed by atoms with Crippen molar-refractivity contribution in [3.8, 4) is 17.0 Å². The van der Waals surface area contributed by atoms with Crippen LogP contribution in [0.25, 0.3) is 11.3 Å². The minimum Gasteiger partial charge on any atom is -0.493 e. The number of rotatable bonds is 2. The zero-order valence-corrected chi connectivity index (χ0v) is 11.8. The van der Waals surface area contributed by atoms with Gasteiger partial charge in [0.1, 0.15) is 16.7 Å². The highest BCUT2D eigenvalue weighted by molar-refractivity contribution is 6.30. The van der Waals surface area contributed by atoms with E-state index in [0.717, 1.165) is 47.8 Å². The highest BCUT2D eigenvalue weighted by Gasteiger charge is 2.16. The lowest BCUT2D eigenvalue weighted by atomic mass is 10.0. The zero-order valence-electron chi connectivity index (χ0n) is 11.0. The minimum atomic E-state index is 0.540. The second kappa shape index (κ2) is 4.82. The van der Waals surface area contributed by atoms with Gasteiger partial charge in [0, 0.05) is 24.0 Å². The summed E-state index contributed by atoms with van der Waals surface area (Å²) in [6.07, 6.45) is 1.74. The molecule has 0 saturated heterocycles. The van der Waals surface area contributed by atoms with E-state index in [2.05, 4.69) is 16.0 Å². The molecule has 0 N–H and O–H groups in total. The maximum Gasteiger partial charge on any atom is 0.136 e. The quantitative estimate of drug-likeness (QED) is 0.785. The third-order valence-corrected chi connectivity index (χ3v) is 3.78. The first-order valence-electron chi connectivity index (χ1n) is 6.48. The lowest BCUT2D eigenvalue weighted by Gasteiger charge is -2.09. The molecule has 0 saturated carbocycles. The Labute approximate surface area is 117 Å². The van der Waals surface area contributed by atoms with E-state index in [1.807, 2.05) is 26.0 Å². The maximum absolute atomic E-state index is 6.19. The molecule has 4 heteroatoms. The summed E-state index contributed by atoms with van der Waals surface area (Å²) in [6, 6.07) is 6.20. The summed E-state index contributed by atoms with van der Waals surface area (Å²) in [5, 5.41) is 0.540. The van der Waals surface area contributed by atoms with E-state index in [9.17, 15) is 0 Å². The van der Waals surface area contributed by atoms with Crippen LogP contribution in [0.15, 0.2) is 18.2 Å². The summed E-state index contributed by atoms with van der Waals surface area (Å²) in [6.45, 7) is 4.75. The van der Waals surface area contributed by atoms with Gasteiger partial charge in [-0.05, 0) is 30.7 Å². The van der Waals surface area contributed by atoms with Crippen molar-refractivity contribution in [2.24, 2.45) is 0 Å². The highest BCUT2D eigenvalue weighted by atomic mass is 35.5. The van der Waals surface area contributed by atoms with Crippen LogP contribution in [0.1, 0.15) is 23.9 Å². The van der Waals surface area contributed by atoms with Crippen LogP contribution in [-0.4, -0.2) is 16.6 Å². The predicted molar refractivity (Wildman–Crippen MR) is 75.8 cm³/mol. The SMILES string of the molecule is CCc1nc(Cl)c(C)c(-c2ccc3c(c2)CCO3)n1. The molecule has 0 aliphatic carbocycles. The van der Waals surface area contributed by atoms with Gasteiger partial charge in [0.05, 0.1) is 12.3 Å². The summed E-state index contributed by atoms with van der Waals surface area (Å²) in [5.74, 6) is 1.76. The summed E-state index contributed by atoms with van der Waals surface area (Å²) in [7, 11) is 0. The fourth-order valence-corrected chi connectivity index (χ4v) is 2.49. The first-order chi connectivity index (χ1) is 9.19. The van der Waals surface area contributed by atoms with E-state index in [0.29, 0.717) is 5.15 Å². The van der Waals surface area contributed by atoms with Crippen molar-refractivity contribution in [3.63, 3.8) is 0 Å². The molecule has 2 aromatic rings. The largest absolute Gasteiger partial charge is 0.493 e. The van der Waals surface area contributed by atoms with Gasteiger partial charge >= 0.3 is 0 Å². The van der Waals surface area contributed by atoms with Gasteiger partial charge in [-0.1, -0.05) is 18.5 Å². The maximum atomic E-state index is 6.19. The smallest absolute Gasteiger partial charge is 0.136 e. The minimum absolute atomic E-state index is 0.540. The molecule has 1 aliphatic rings. The van der Waals surface area contributed by atoms with E-state index < -0.39 is 0 Å². The number of benzene rings is 1. The molecule has 3 rings (SSSR count). The molecular weight excluding hydrogens is 260 g/mol. The molecule has 2 heterocycles. The molecule has 1 aromatic carbocycles. The fourth-order valence-electron chi connectivity index (χ4n) is 2.31. The molecule has 0 bridgehead atoms. The lowest BCUT2D eigenvalue weighted by molar-refractivity contribution is 0.357. The Morgan fingerprint density at radius 1 is 1.32 bits per heavy atom. The number of hydrogen-bond donors (Lipinski definition) is 0. The van der Waals surface area contributed by atoms with Crippen molar-refractivity contribution in [1.82, 2.24) is 9.97 Å². The summed E-state index contributed by atoms with van der Waals surface area (Å²) in [5.41, 5.74) is 4.18. The summed E-state index contributed by atoms with van der Waals surface area (Å²) >= 11 is 6.19. The monoisotopic (exact) mass is 274 g/mol. The number of aryl methyl sites for hydroxylation is 1. The molecule has 0 atom stereocenters. The van der Waals surface area contributed by atoms with E-state index in [1.165, 1.54) is 5.56 Å². The van der Waals surface area contributed by atoms with Gasteiger partial charge < -0.3 is 4.74 Å². The Bertz CT molecular complexity index is 640. The van der Waals surface area contributed by atoms with E-state index in [1.54, 1.807) is 0 Å². The van der Waals surface area contributed by atoms with Crippen LogP contribution in [0.3, 0.4) is 0 Å². The predicted octanol–water partition coefficient (Wildman–Crippen LogP) is 3.60. The van der Waals surface area contributed by atoms with Gasteiger partial charge in [-0.25, -0.2) is 9.97 Å². The van der Waals surface area contributed by atoms with Gasteiger partial charge in [-0.2, -0.15) is 0 Å². The number of hydrogen-bond acceptors (Lipinski definition) is 3. The van der Waals surface area contributed by atoms with Crippen LogP contribution in [0.4, 0.5) is 0 Å². The number of aromatic nitrogens is 2. The Kier molecular flexibility index (Phi) is 3.15. The van der Waals surface area contributed by atoms with Crippen LogP contribution < -0.4 is 4.74 Å². The topological polar surface area (TPSA) is 35.0 Å². The molecule has 0 unspecified atom stereocenters. The van der Waals surface area contributed by atoms with Gasteiger partial charge in [-0.3, -0.25) is 0 Å². The standard InChI is InChI=1S/C15H15ClN2O/c1-3-13-17-14(9(2)15(16)18-13)11-4-5-12-10(8-11)6-7-19-12/h4-5,8H,3,6-7H2,1-2H3. The molecule has 98 valence electrons. The van der Waals surface area contributed by atoms with Crippen molar-refractivity contribution < 1.29 is 4.74 Å². The molecule has 0 fully saturated rings. The molecule has 3 nitrogen and oxygen atoms in total. The molecule has 1 aliphatic heterocycles. The van der Waals surface area contributed by atoms with Crippen LogP contribution in [-0.2, 0) is 12.8 Å². The molecule has 0 amide bonds. The Morgan fingerprint density at radius 3 is 2.95 bits per heavy atom. The second-order valence-electron chi connectivity index (χ2n) is 4.68. The van der Waals surface area contributed by atoms with Crippen LogP contribution in [0, 0.1) is 6.92 Å². The highest BCUT2D eigenvalue weighted by Crippen LogP contribution is 2.32. The molecule has 19 heavy (non-hydrogen) atoms. The Hall–Kier alpha value is -1.61. The summed E-state index contributed by atoms with van der Waals surface area (Å²) < 4.78 is 5.53. The normalized spacial score (nSPS) is 13.2. The molecule has 0 spiro atoms. The third kappa shape index (κ3) is 2.19. The number of fused-ring (bicyclic) bond motifs is 1. The van der Waals surface area contributed by atoms with E-state index in [-0.39, 0.29) is 0 Å². The average molecular weight is 275 g/mol. The molecule has 1 aromatic heterocycles. The van der Waals surface area contributed by atoms with E-state index in [4.69, 9.17) is 16.3 Å². The van der Waals surface area contributed by atoms with Crippen LogP contribution in [0.2, 0.25) is 5.15 Å². The zero-order chi connectivity index (χ0) is 13.4. The van der Waals surface area contributed by atoms with Crippen molar-refractivity contribution >= 4 is 11.6 Å². The first-order valence-corrected chi connectivity index (χ1v) is 6.86. The van der Waals surface area contributed by atoms with Crippen molar-refractivity contribution in [3.05, 3.63) is 40.3 Å². The number of nitrogens with zero attached hydrogens (tertiary/aromatic N) is 2. The summed E-state index contributed by atoms with van der Waals surface area (Å²) in [4.78, 5) is 8.89. The molecule has 0 radical (unpaired) electrons. The van der Waals surface area contributed by atoms with Crippen molar-refractivity contribution in [2.75, 3.05) is 6.61 Å². The Morgan fingerprint density at radius 2 is 2.16 bits per heavy atom. The van der Waals surface area contributed by atoms with Crippen molar-refractivity contribution in [2.45, 2.75) is 26.7 Å². The number of halogens is 1. The number of ether oxygens (including phenoxy) is 1. The van der Waals surface area contributed by atoms with Gasteiger partial charge in [0.25, 0.3) is 0 Å². The van der Waals surface area contributed by atoms with Gasteiger partial charge in [0.15, 0.2) is 0 Å². The average Bonchev–Trinajstić information content (AvgIpc) is 2.88. The first kappa shape index (κ1) is 12.4. The Balaban J connectivity index is 2.13. The van der Waals surface area contributed by atoms with Crippen LogP contribution >= 0.6 is 11.6 Å². The van der Waals surface area contributed by atoms with E-state index >= 15 is 0 Å². The van der Waals surface area contributed by atoms with Gasteiger partial charge in [-0.15, -0.1) is 0 Å². The third-order valence-electron chi connectivity index (χ3n) is 3.41. The molecular formula is C15H15ClN2O. The van der Waals surface area contributed by atoms with Crippen molar-refractivity contribution in [1.29, 1.82) is 0 Å². The lowest BCUT2D eigenvalue weighted by Crippen LogP contribution is -1.99.